The molecule has 0 fully saturated rings. The van der Waals surface area contributed by atoms with Crippen LogP contribution in [0.25, 0.3) is 0 Å². The van der Waals surface area contributed by atoms with Gasteiger partial charge >= 0.3 is 0 Å². The van der Waals surface area contributed by atoms with Crippen molar-refractivity contribution in [1.29, 1.82) is 0 Å². The fourth-order valence-electron chi connectivity index (χ4n) is 1.75. The summed E-state index contributed by atoms with van der Waals surface area (Å²) in [5.74, 6) is 0.491. The van der Waals surface area contributed by atoms with Crippen LogP contribution in [-0.2, 0) is 4.79 Å². The van der Waals surface area contributed by atoms with Crippen LogP contribution in [0.3, 0.4) is 0 Å². The van der Waals surface area contributed by atoms with Gasteiger partial charge in [-0.25, -0.2) is 0 Å². The average molecular weight is 320 g/mol. The minimum Gasteiger partial charge on any atom is -0.482 e. The molecule has 0 saturated carbocycles. The molecule has 1 atom stereocenters. The largest absolute Gasteiger partial charge is 0.482 e. The van der Waals surface area contributed by atoms with Crippen LogP contribution in [0.5, 0.6) is 5.75 Å². The third-order valence-electron chi connectivity index (χ3n) is 2.59. The van der Waals surface area contributed by atoms with Crippen molar-refractivity contribution < 1.29 is 14.6 Å². The van der Waals surface area contributed by atoms with Crippen LogP contribution in [0, 0.1) is 5.92 Å². The highest BCUT2D eigenvalue weighted by Gasteiger charge is 2.14. The lowest BCUT2D eigenvalue weighted by molar-refractivity contribution is -0.124. The molecular weight excluding hydrogens is 301 g/mol. The predicted molar refractivity (Wildman–Crippen MR) is 80.4 cm³/mol. The zero-order valence-electron chi connectivity index (χ0n) is 11.5. The van der Waals surface area contributed by atoms with Crippen molar-refractivity contribution in [3.05, 3.63) is 28.2 Å². The van der Waals surface area contributed by atoms with Crippen molar-refractivity contribution in [3.63, 3.8) is 0 Å². The molecule has 0 aliphatic carbocycles. The van der Waals surface area contributed by atoms with Gasteiger partial charge < -0.3 is 15.2 Å². The van der Waals surface area contributed by atoms with Crippen LogP contribution in [-0.4, -0.2) is 30.3 Å². The first-order valence-electron chi connectivity index (χ1n) is 6.40. The second-order valence-electron chi connectivity index (χ2n) is 4.94. The Morgan fingerprint density at radius 3 is 2.65 bits per heavy atom. The van der Waals surface area contributed by atoms with Crippen LogP contribution in [0.4, 0.5) is 0 Å². The van der Waals surface area contributed by atoms with E-state index in [1.807, 2.05) is 13.8 Å². The van der Waals surface area contributed by atoms with Gasteiger partial charge in [0.15, 0.2) is 6.61 Å². The highest BCUT2D eigenvalue weighted by molar-refractivity contribution is 6.35. The first-order chi connectivity index (χ1) is 9.42. The molecule has 20 heavy (non-hydrogen) atoms. The Balaban J connectivity index is 2.46. The Morgan fingerprint density at radius 1 is 1.40 bits per heavy atom. The van der Waals surface area contributed by atoms with E-state index in [1.54, 1.807) is 18.2 Å². The molecule has 0 aliphatic rings. The summed E-state index contributed by atoms with van der Waals surface area (Å²) >= 11 is 11.7. The monoisotopic (exact) mass is 319 g/mol. The quantitative estimate of drug-likeness (QED) is 0.812. The average Bonchev–Trinajstić information content (AvgIpc) is 2.36. The van der Waals surface area contributed by atoms with Gasteiger partial charge in [-0.05, 0) is 30.5 Å². The van der Waals surface area contributed by atoms with E-state index in [0.717, 1.165) is 0 Å². The van der Waals surface area contributed by atoms with Crippen molar-refractivity contribution in [2.24, 2.45) is 5.92 Å². The Labute approximate surface area is 129 Å². The number of hydrogen-bond acceptors (Lipinski definition) is 3. The van der Waals surface area contributed by atoms with Gasteiger partial charge in [-0.2, -0.15) is 0 Å². The van der Waals surface area contributed by atoms with E-state index in [2.05, 4.69) is 5.32 Å². The van der Waals surface area contributed by atoms with E-state index in [-0.39, 0.29) is 25.2 Å². The van der Waals surface area contributed by atoms with Crippen LogP contribution < -0.4 is 10.1 Å². The molecule has 0 radical (unpaired) electrons. The minimum atomic E-state index is -0.296. The van der Waals surface area contributed by atoms with Crippen molar-refractivity contribution in [2.45, 2.75) is 26.3 Å². The fourth-order valence-corrected chi connectivity index (χ4v) is 2.22. The smallest absolute Gasteiger partial charge is 0.258 e. The van der Waals surface area contributed by atoms with E-state index in [1.165, 1.54) is 0 Å². The summed E-state index contributed by atoms with van der Waals surface area (Å²) in [5.41, 5.74) is 0. The summed E-state index contributed by atoms with van der Waals surface area (Å²) in [4.78, 5) is 11.7. The normalized spacial score (nSPS) is 12.3. The number of aliphatic hydroxyl groups is 1. The van der Waals surface area contributed by atoms with Crippen LogP contribution >= 0.6 is 23.2 Å². The zero-order chi connectivity index (χ0) is 15.1. The Kier molecular flexibility index (Phi) is 7.13. The van der Waals surface area contributed by atoms with E-state index in [0.29, 0.717) is 28.1 Å². The molecule has 0 heterocycles. The van der Waals surface area contributed by atoms with Gasteiger partial charge in [0.2, 0.25) is 0 Å². The summed E-state index contributed by atoms with van der Waals surface area (Å²) in [6.45, 7) is 3.80. The highest BCUT2D eigenvalue weighted by atomic mass is 35.5. The van der Waals surface area contributed by atoms with Crippen LogP contribution in [0.1, 0.15) is 20.3 Å². The maximum atomic E-state index is 11.7. The van der Waals surface area contributed by atoms with E-state index >= 15 is 0 Å². The molecule has 1 aromatic carbocycles. The molecule has 0 spiro atoms. The summed E-state index contributed by atoms with van der Waals surface area (Å²) in [7, 11) is 0. The third-order valence-corrected chi connectivity index (χ3v) is 3.12. The van der Waals surface area contributed by atoms with Crippen molar-refractivity contribution >= 4 is 29.1 Å². The molecule has 1 aromatic rings. The number of rotatable bonds is 7. The summed E-state index contributed by atoms with van der Waals surface area (Å²) in [5, 5.41) is 12.8. The number of nitrogens with one attached hydrogen (secondary N) is 1. The molecule has 1 amide bonds. The van der Waals surface area contributed by atoms with Crippen LogP contribution in [0.15, 0.2) is 18.2 Å². The second-order valence-corrected chi connectivity index (χ2v) is 5.78. The number of carbonyl (C=O) groups is 1. The molecule has 1 rings (SSSR count). The topological polar surface area (TPSA) is 58.6 Å². The number of ether oxygens (including phenoxy) is 1. The number of hydrogen-bond donors (Lipinski definition) is 2. The van der Waals surface area contributed by atoms with Gasteiger partial charge in [0.25, 0.3) is 5.91 Å². The number of benzene rings is 1. The fraction of sp³-hybridized carbons (Fsp3) is 0.500. The minimum absolute atomic E-state index is 0.0916. The second kappa shape index (κ2) is 8.35. The van der Waals surface area contributed by atoms with Gasteiger partial charge in [0.05, 0.1) is 17.7 Å². The Bertz CT molecular complexity index is 452. The molecular formula is C14H19Cl2NO3. The van der Waals surface area contributed by atoms with Crippen molar-refractivity contribution in [1.82, 2.24) is 5.32 Å². The number of carbonyl (C=O) groups excluding carboxylic acids is 1. The summed E-state index contributed by atoms with van der Waals surface area (Å²) < 4.78 is 5.32. The first-order valence-corrected chi connectivity index (χ1v) is 7.16. The maximum absolute atomic E-state index is 11.7. The van der Waals surface area contributed by atoms with E-state index in [9.17, 15) is 9.90 Å². The van der Waals surface area contributed by atoms with Gasteiger partial charge in [0.1, 0.15) is 5.75 Å². The van der Waals surface area contributed by atoms with Gasteiger partial charge in [-0.3, -0.25) is 4.79 Å². The number of aliphatic hydroxyl groups excluding tert-OH is 1. The molecule has 0 aliphatic heterocycles. The van der Waals surface area contributed by atoms with Gasteiger partial charge in [0, 0.05) is 5.02 Å². The lowest BCUT2D eigenvalue weighted by Gasteiger charge is -2.18. The standard InChI is InChI=1S/C14H19Cl2NO3/c1-9(2)5-11(7-18)17-14(19)8-20-13-4-3-10(15)6-12(13)16/h3-4,6,9,11,18H,5,7-8H2,1-2H3,(H,17,19). The number of amides is 1. The molecule has 1 unspecified atom stereocenters. The van der Waals surface area contributed by atoms with E-state index in [4.69, 9.17) is 27.9 Å². The number of halogens is 2. The lowest BCUT2D eigenvalue weighted by Crippen LogP contribution is -2.40. The SMILES string of the molecule is CC(C)CC(CO)NC(=O)COc1ccc(Cl)cc1Cl. The zero-order valence-corrected chi connectivity index (χ0v) is 13.0. The molecule has 112 valence electrons. The summed E-state index contributed by atoms with van der Waals surface area (Å²) in [6.07, 6.45) is 0.712. The molecule has 0 aromatic heterocycles. The van der Waals surface area contributed by atoms with Crippen molar-refractivity contribution in [2.75, 3.05) is 13.2 Å². The van der Waals surface area contributed by atoms with Gasteiger partial charge in [-0.15, -0.1) is 0 Å². The molecule has 4 nitrogen and oxygen atoms in total. The summed E-state index contributed by atoms with van der Waals surface area (Å²) in [6, 6.07) is 4.53. The molecule has 0 bridgehead atoms. The Hall–Kier alpha value is -0.970. The van der Waals surface area contributed by atoms with Gasteiger partial charge in [-0.1, -0.05) is 37.0 Å². The predicted octanol–water partition coefficient (Wildman–Crippen LogP) is 2.90. The molecule has 2 N–H and O–H groups in total. The first kappa shape index (κ1) is 17.1. The molecule has 6 heteroatoms. The maximum Gasteiger partial charge on any atom is 0.258 e. The van der Waals surface area contributed by atoms with E-state index < -0.39 is 0 Å². The van der Waals surface area contributed by atoms with Crippen molar-refractivity contribution in [3.8, 4) is 5.75 Å². The Morgan fingerprint density at radius 2 is 2.10 bits per heavy atom. The third kappa shape index (κ3) is 5.99. The highest BCUT2D eigenvalue weighted by Crippen LogP contribution is 2.27. The van der Waals surface area contributed by atoms with Crippen LogP contribution in [0.2, 0.25) is 10.0 Å². The lowest BCUT2D eigenvalue weighted by atomic mass is 10.0. The molecule has 0 saturated heterocycles.